The zero-order valence-electron chi connectivity index (χ0n) is 21.0. The highest BCUT2D eigenvalue weighted by Crippen LogP contribution is 1.85. The maximum atomic E-state index is 12.9. The van der Waals surface area contributed by atoms with Crippen LogP contribution < -0.4 is 33.0 Å². The van der Waals surface area contributed by atoms with E-state index in [9.17, 15) is 28.8 Å². The molecule has 1 heterocycles. The van der Waals surface area contributed by atoms with E-state index in [1.54, 1.807) is 0 Å². The van der Waals surface area contributed by atoms with Crippen molar-refractivity contribution in [2.75, 3.05) is 39.5 Å². The van der Waals surface area contributed by atoms with E-state index in [1.165, 1.54) is 0 Å². The lowest BCUT2D eigenvalue weighted by atomic mass is 10.5. The van der Waals surface area contributed by atoms with Gasteiger partial charge in [-0.2, -0.15) is 0 Å². The zero-order valence-corrected chi connectivity index (χ0v) is 21.0. The standard InChI is InChI=1S/C21H36N6O9/c1-4-13-34-16(28)22-7-10-25-19(31)26(11-8-23-17(29)35-14-5-2)21(33)27(20(25)32)12-9-24-18(30)36-15-6-3/h4-15H2,1-3H3,(H,22,28)(H,23,29)(H,24,30). The lowest BCUT2D eigenvalue weighted by molar-refractivity contribution is 0.145. The highest BCUT2D eigenvalue weighted by atomic mass is 16.6. The molecule has 1 aromatic rings. The minimum Gasteiger partial charge on any atom is -0.450 e. The number of aromatic nitrogens is 3. The van der Waals surface area contributed by atoms with E-state index in [-0.39, 0.29) is 59.1 Å². The van der Waals surface area contributed by atoms with Crippen molar-refractivity contribution in [3.05, 3.63) is 31.5 Å². The Morgan fingerprint density at radius 1 is 0.556 bits per heavy atom. The normalized spacial score (nSPS) is 10.4. The monoisotopic (exact) mass is 516 g/mol. The van der Waals surface area contributed by atoms with Crippen molar-refractivity contribution in [1.29, 1.82) is 0 Å². The number of carbonyl (C=O) groups is 3. The predicted molar refractivity (Wildman–Crippen MR) is 128 cm³/mol. The van der Waals surface area contributed by atoms with E-state index >= 15 is 0 Å². The average Bonchev–Trinajstić information content (AvgIpc) is 2.86. The second kappa shape index (κ2) is 16.8. The maximum absolute atomic E-state index is 12.9. The minimum absolute atomic E-state index is 0.112. The van der Waals surface area contributed by atoms with Crippen molar-refractivity contribution in [3.8, 4) is 0 Å². The van der Waals surface area contributed by atoms with E-state index in [1.807, 2.05) is 20.8 Å². The van der Waals surface area contributed by atoms with Gasteiger partial charge in [-0.3, -0.25) is 0 Å². The summed E-state index contributed by atoms with van der Waals surface area (Å²) >= 11 is 0. The summed E-state index contributed by atoms with van der Waals surface area (Å²) in [6, 6.07) is 0. The van der Waals surface area contributed by atoms with Crippen LogP contribution in [0.3, 0.4) is 0 Å². The largest absolute Gasteiger partial charge is 0.450 e. The molecule has 1 rings (SSSR count). The van der Waals surface area contributed by atoms with Crippen LogP contribution in [0.5, 0.6) is 0 Å². The van der Waals surface area contributed by atoms with Crippen LogP contribution in [0.2, 0.25) is 0 Å². The molecule has 0 saturated carbocycles. The molecule has 15 nitrogen and oxygen atoms in total. The van der Waals surface area contributed by atoms with Crippen LogP contribution in [0.25, 0.3) is 0 Å². The second-order valence-electron chi connectivity index (χ2n) is 7.49. The Kier molecular flexibility index (Phi) is 14.1. The summed E-state index contributed by atoms with van der Waals surface area (Å²) in [6.45, 7) is 5.07. The summed E-state index contributed by atoms with van der Waals surface area (Å²) in [5.41, 5.74) is -2.74. The molecule has 3 amide bonds. The number of hydrogen-bond acceptors (Lipinski definition) is 9. The molecule has 204 valence electrons. The quantitative estimate of drug-likeness (QED) is 0.261. The number of nitrogens with one attached hydrogen (secondary N) is 3. The molecule has 0 bridgehead atoms. The van der Waals surface area contributed by atoms with Gasteiger partial charge in [-0.1, -0.05) is 20.8 Å². The molecular formula is C21H36N6O9. The fourth-order valence-corrected chi connectivity index (χ4v) is 2.80. The van der Waals surface area contributed by atoms with Crippen LogP contribution in [0.15, 0.2) is 14.4 Å². The molecule has 0 atom stereocenters. The minimum atomic E-state index is -0.913. The summed E-state index contributed by atoms with van der Waals surface area (Å²) in [7, 11) is 0. The molecule has 0 aliphatic rings. The molecule has 0 fully saturated rings. The maximum Gasteiger partial charge on any atom is 0.407 e. The summed E-state index contributed by atoms with van der Waals surface area (Å²) in [5.74, 6) is 0. The number of nitrogens with zero attached hydrogens (tertiary/aromatic N) is 3. The lowest BCUT2D eigenvalue weighted by Gasteiger charge is -2.15. The van der Waals surface area contributed by atoms with E-state index in [2.05, 4.69) is 16.0 Å². The van der Waals surface area contributed by atoms with Crippen molar-refractivity contribution < 1.29 is 28.6 Å². The van der Waals surface area contributed by atoms with Crippen molar-refractivity contribution in [2.45, 2.75) is 59.7 Å². The number of alkyl carbamates (subject to hydrolysis) is 3. The van der Waals surface area contributed by atoms with Crippen molar-refractivity contribution in [2.24, 2.45) is 0 Å². The van der Waals surface area contributed by atoms with Gasteiger partial charge in [0.15, 0.2) is 0 Å². The molecule has 36 heavy (non-hydrogen) atoms. The van der Waals surface area contributed by atoms with Crippen LogP contribution >= 0.6 is 0 Å². The summed E-state index contributed by atoms with van der Waals surface area (Å²) in [5, 5.41) is 7.28. The van der Waals surface area contributed by atoms with Crippen LogP contribution in [-0.4, -0.2) is 71.4 Å². The number of hydrogen-bond donors (Lipinski definition) is 3. The summed E-state index contributed by atoms with van der Waals surface area (Å²) < 4.78 is 17.0. The van der Waals surface area contributed by atoms with E-state index in [0.717, 1.165) is 13.7 Å². The molecule has 0 saturated heterocycles. The molecule has 0 spiro atoms. The number of ether oxygens (including phenoxy) is 3. The first-order chi connectivity index (χ1) is 17.3. The van der Waals surface area contributed by atoms with Gasteiger partial charge >= 0.3 is 35.3 Å². The number of amides is 3. The Balaban J connectivity index is 3.07. The summed E-state index contributed by atoms with van der Waals surface area (Å²) in [6.07, 6.45) is -0.234. The van der Waals surface area contributed by atoms with Gasteiger partial charge in [0.25, 0.3) is 0 Å². The van der Waals surface area contributed by atoms with Gasteiger partial charge in [0.05, 0.1) is 19.8 Å². The predicted octanol–water partition coefficient (Wildman–Crippen LogP) is -0.420. The van der Waals surface area contributed by atoms with Crippen molar-refractivity contribution >= 4 is 18.3 Å². The smallest absolute Gasteiger partial charge is 0.407 e. The van der Waals surface area contributed by atoms with Crippen LogP contribution in [0.1, 0.15) is 40.0 Å². The van der Waals surface area contributed by atoms with E-state index < -0.39 is 35.3 Å². The average molecular weight is 517 g/mol. The summed E-state index contributed by atoms with van der Waals surface area (Å²) in [4.78, 5) is 73.6. The lowest BCUT2D eigenvalue weighted by Crippen LogP contribution is -2.56. The SMILES string of the molecule is CCCOC(=O)NCCn1c(=O)n(CCNC(=O)OCCC)c(=O)n(CCNC(=O)OCCC)c1=O. The Bertz CT molecular complexity index is 871. The Morgan fingerprint density at radius 2 is 0.806 bits per heavy atom. The molecule has 15 heteroatoms. The highest BCUT2D eigenvalue weighted by molar-refractivity contribution is 5.67. The molecule has 0 radical (unpaired) electrons. The Labute approximate surface area is 207 Å². The van der Waals surface area contributed by atoms with Gasteiger partial charge in [0, 0.05) is 39.3 Å². The van der Waals surface area contributed by atoms with Gasteiger partial charge in [0.2, 0.25) is 0 Å². The van der Waals surface area contributed by atoms with Gasteiger partial charge in [0.1, 0.15) is 0 Å². The zero-order chi connectivity index (χ0) is 26.9. The first-order valence-electron chi connectivity index (χ1n) is 11.9. The fraction of sp³-hybridized carbons (Fsp3) is 0.714. The third-order valence-electron chi connectivity index (χ3n) is 4.51. The molecule has 0 aliphatic heterocycles. The number of carbonyl (C=O) groups excluding carboxylic acids is 3. The molecular weight excluding hydrogens is 480 g/mol. The van der Waals surface area contributed by atoms with Gasteiger partial charge in [-0.25, -0.2) is 42.5 Å². The molecule has 3 N–H and O–H groups in total. The Hall–Kier alpha value is -3.78. The van der Waals surface area contributed by atoms with Gasteiger partial charge < -0.3 is 30.2 Å². The van der Waals surface area contributed by atoms with Gasteiger partial charge in [-0.05, 0) is 19.3 Å². The molecule has 0 aromatic carbocycles. The Morgan fingerprint density at radius 3 is 1.03 bits per heavy atom. The fourth-order valence-electron chi connectivity index (χ4n) is 2.80. The molecule has 1 aromatic heterocycles. The second-order valence-corrected chi connectivity index (χ2v) is 7.49. The first kappa shape index (κ1) is 30.3. The molecule has 0 unspecified atom stereocenters. The first-order valence-corrected chi connectivity index (χ1v) is 11.9. The van der Waals surface area contributed by atoms with Crippen molar-refractivity contribution in [1.82, 2.24) is 29.7 Å². The van der Waals surface area contributed by atoms with Gasteiger partial charge in [-0.15, -0.1) is 0 Å². The van der Waals surface area contributed by atoms with Crippen LogP contribution in [0.4, 0.5) is 14.4 Å². The van der Waals surface area contributed by atoms with Crippen molar-refractivity contribution in [3.63, 3.8) is 0 Å². The topological polar surface area (TPSA) is 181 Å². The van der Waals surface area contributed by atoms with Crippen LogP contribution in [0, 0.1) is 0 Å². The van der Waals surface area contributed by atoms with E-state index in [4.69, 9.17) is 14.2 Å². The third kappa shape index (κ3) is 10.2. The molecule has 0 aliphatic carbocycles. The van der Waals surface area contributed by atoms with Crippen LogP contribution in [-0.2, 0) is 33.8 Å². The third-order valence-corrected chi connectivity index (χ3v) is 4.51. The highest BCUT2D eigenvalue weighted by Gasteiger charge is 2.16. The van der Waals surface area contributed by atoms with E-state index in [0.29, 0.717) is 19.3 Å². The number of rotatable bonds is 15.